The van der Waals surface area contributed by atoms with Crippen LogP contribution in [-0.4, -0.2) is 40.9 Å². The number of nitrogens with zero attached hydrogens (tertiary/aromatic N) is 4. The Balaban J connectivity index is 1.33. The van der Waals surface area contributed by atoms with Gasteiger partial charge in [-0.15, -0.1) is 0 Å². The normalized spacial score (nSPS) is 18.8. The number of nitro benzene ring substituents is 1. The lowest BCUT2D eigenvalue weighted by atomic mass is 9.85. The Morgan fingerprint density at radius 2 is 1.74 bits per heavy atom. The summed E-state index contributed by atoms with van der Waals surface area (Å²) in [5.74, 6) is 1.47. The number of para-hydroxylation sites is 1. The number of benzene rings is 2. The molecular formula is C25H30N6O3. The lowest BCUT2D eigenvalue weighted by Gasteiger charge is -2.29. The fraction of sp³-hybridized carbons (Fsp3) is 0.400. The van der Waals surface area contributed by atoms with Crippen molar-refractivity contribution in [1.29, 1.82) is 0 Å². The maximum absolute atomic E-state index is 12.8. The average Bonchev–Trinajstić information content (AvgIpc) is 2.84. The molecule has 4 rings (SSSR count). The van der Waals surface area contributed by atoms with Crippen molar-refractivity contribution in [3.05, 3.63) is 64.2 Å². The van der Waals surface area contributed by atoms with Crippen molar-refractivity contribution in [3.63, 3.8) is 0 Å². The van der Waals surface area contributed by atoms with Crippen molar-refractivity contribution in [2.45, 2.75) is 44.7 Å². The molecule has 2 N–H and O–H groups in total. The summed E-state index contributed by atoms with van der Waals surface area (Å²) in [5.41, 5.74) is 1.79. The van der Waals surface area contributed by atoms with Crippen LogP contribution in [-0.2, 0) is 4.79 Å². The predicted molar refractivity (Wildman–Crippen MR) is 133 cm³/mol. The van der Waals surface area contributed by atoms with Crippen molar-refractivity contribution in [1.82, 2.24) is 15.3 Å². The summed E-state index contributed by atoms with van der Waals surface area (Å²) in [6, 6.07) is 14.3. The molecule has 1 atom stereocenters. The van der Waals surface area contributed by atoms with E-state index in [9.17, 15) is 14.9 Å². The van der Waals surface area contributed by atoms with E-state index in [1.165, 1.54) is 12.1 Å². The molecule has 0 spiro atoms. The Bertz CT molecular complexity index is 1170. The van der Waals surface area contributed by atoms with E-state index in [1.54, 1.807) is 12.1 Å². The van der Waals surface area contributed by atoms with Crippen molar-refractivity contribution < 1.29 is 9.72 Å². The van der Waals surface area contributed by atoms with E-state index in [0.717, 1.165) is 48.0 Å². The first-order valence-electron chi connectivity index (χ1n) is 11.6. The second kappa shape index (κ2) is 10.0. The minimum absolute atomic E-state index is 0.0288. The standard InChI is InChI=1S/C25H30N6O3/c1-16(17-10-14-20(15-11-17)31(33)34)26-24(32)18-8-12-19(13-9-18)27-25-28-22-7-5-4-6-21(22)23(29-25)30(2)3/h4-7,10-11,14-16,18-19H,8-9,12-13H2,1-3H3,(H,26,32)(H,27,28,29)/t16-,18-,19+/m1/s1. The number of rotatable bonds is 7. The number of non-ortho nitro benzene ring substituents is 1. The van der Waals surface area contributed by atoms with Crippen molar-refractivity contribution >= 4 is 34.3 Å². The van der Waals surface area contributed by atoms with E-state index < -0.39 is 4.92 Å². The van der Waals surface area contributed by atoms with Gasteiger partial charge in [-0.05, 0) is 50.3 Å². The molecule has 1 saturated carbocycles. The molecule has 3 aromatic rings. The SMILES string of the molecule is C[C@@H](NC(=O)[C@H]1CC[C@@H](Nc2nc(N(C)C)c3ccccc3n2)CC1)c1ccc([N+](=O)[O-])cc1. The highest BCUT2D eigenvalue weighted by molar-refractivity contribution is 5.90. The molecule has 0 aliphatic heterocycles. The maximum Gasteiger partial charge on any atom is 0.269 e. The molecule has 0 saturated heterocycles. The number of amides is 1. The summed E-state index contributed by atoms with van der Waals surface area (Å²) in [4.78, 5) is 34.6. The fourth-order valence-corrected chi connectivity index (χ4v) is 4.45. The van der Waals surface area contributed by atoms with Gasteiger partial charge in [0.2, 0.25) is 11.9 Å². The summed E-state index contributed by atoms with van der Waals surface area (Å²) >= 11 is 0. The quantitative estimate of drug-likeness (QED) is 0.394. The van der Waals surface area contributed by atoms with Crippen LogP contribution in [0, 0.1) is 16.0 Å². The Kier molecular flexibility index (Phi) is 6.90. The highest BCUT2D eigenvalue weighted by atomic mass is 16.6. The maximum atomic E-state index is 12.8. The molecule has 0 bridgehead atoms. The molecule has 0 radical (unpaired) electrons. The molecule has 1 aliphatic rings. The predicted octanol–water partition coefficient (Wildman–Crippen LogP) is 4.45. The number of aromatic nitrogens is 2. The van der Waals surface area contributed by atoms with Crippen LogP contribution in [0.4, 0.5) is 17.5 Å². The second-order valence-corrected chi connectivity index (χ2v) is 9.05. The zero-order valence-corrected chi connectivity index (χ0v) is 19.7. The van der Waals surface area contributed by atoms with Gasteiger partial charge < -0.3 is 15.5 Å². The lowest BCUT2D eigenvalue weighted by Crippen LogP contribution is -2.37. The molecule has 2 aromatic carbocycles. The third kappa shape index (κ3) is 5.24. The largest absolute Gasteiger partial charge is 0.362 e. The molecule has 1 amide bonds. The first kappa shape index (κ1) is 23.4. The third-order valence-electron chi connectivity index (χ3n) is 6.40. The van der Waals surface area contributed by atoms with Gasteiger partial charge in [-0.25, -0.2) is 4.98 Å². The van der Waals surface area contributed by atoms with Gasteiger partial charge in [0, 0.05) is 43.6 Å². The number of nitrogens with one attached hydrogen (secondary N) is 2. The Labute approximate surface area is 198 Å². The molecule has 34 heavy (non-hydrogen) atoms. The van der Waals surface area contributed by atoms with Gasteiger partial charge in [-0.2, -0.15) is 4.98 Å². The molecule has 9 heteroatoms. The third-order valence-corrected chi connectivity index (χ3v) is 6.40. The van der Waals surface area contributed by atoms with Crippen LogP contribution >= 0.6 is 0 Å². The lowest BCUT2D eigenvalue weighted by molar-refractivity contribution is -0.384. The molecule has 0 unspecified atom stereocenters. The van der Waals surface area contributed by atoms with Crippen LogP contribution in [0.25, 0.3) is 10.9 Å². The average molecular weight is 463 g/mol. The summed E-state index contributed by atoms with van der Waals surface area (Å²) in [6.07, 6.45) is 3.28. The van der Waals surface area contributed by atoms with Gasteiger partial charge in [-0.3, -0.25) is 14.9 Å². The topological polar surface area (TPSA) is 113 Å². The summed E-state index contributed by atoms with van der Waals surface area (Å²) < 4.78 is 0. The van der Waals surface area contributed by atoms with Gasteiger partial charge in [0.25, 0.3) is 5.69 Å². The minimum Gasteiger partial charge on any atom is -0.362 e. The number of hydrogen-bond donors (Lipinski definition) is 2. The van der Waals surface area contributed by atoms with Crippen LogP contribution in [0.5, 0.6) is 0 Å². The second-order valence-electron chi connectivity index (χ2n) is 9.05. The smallest absolute Gasteiger partial charge is 0.269 e. The first-order chi connectivity index (χ1) is 16.3. The van der Waals surface area contributed by atoms with Gasteiger partial charge in [0.1, 0.15) is 5.82 Å². The van der Waals surface area contributed by atoms with Crippen molar-refractivity contribution in [2.24, 2.45) is 5.92 Å². The van der Waals surface area contributed by atoms with Crippen molar-refractivity contribution in [3.8, 4) is 0 Å². The number of nitro groups is 1. The van der Waals surface area contributed by atoms with Gasteiger partial charge in [0.15, 0.2) is 0 Å². The van der Waals surface area contributed by atoms with Crippen LogP contribution in [0.15, 0.2) is 48.5 Å². The van der Waals surface area contributed by atoms with Crippen LogP contribution in [0.1, 0.15) is 44.2 Å². The molecular weight excluding hydrogens is 432 g/mol. The summed E-state index contributed by atoms with van der Waals surface area (Å²) in [5, 5.41) is 18.4. The van der Waals surface area contributed by atoms with Crippen LogP contribution < -0.4 is 15.5 Å². The minimum atomic E-state index is -0.427. The summed E-state index contributed by atoms with van der Waals surface area (Å²) in [7, 11) is 3.94. The van der Waals surface area contributed by atoms with Gasteiger partial charge in [-0.1, -0.05) is 24.3 Å². The highest BCUT2D eigenvalue weighted by Gasteiger charge is 2.28. The molecule has 1 heterocycles. The monoisotopic (exact) mass is 462 g/mol. The summed E-state index contributed by atoms with van der Waals surface area (Å²) in [6.45, 7) is 1.89. The van der Waals surface area contributed by atoms with E-state index >= 15 is 0 Å². The van der Waals surface area contributed by atoms with Crippen LogP contribution in [0.2, 0.25) is 0 Å². The Morgan fingerprint density at radius 3 is 2.38 bits per heavy atom. The number of carbonyl (C=O) groups is 1. The van der Waals surface area contributed by atoms with E-state index in [2.05, 4.69) is 15.6 Å². The molecule has 1 fully saturated rings. The van der Waals surface area contributed by atoms with Crippen LogP contribution in [0.3, 0.4) is 0 Å². The fourth-order valence-electron chi connectivity index (χ4n) is 4.45. The van der Waals surface area contributed by atoms with E-state index in [1.807, 2.05) is 50.2 Å². The number of carbonyl (C=O) groups excluding carboxylic acids is 1. The van der Waals surface area contributed by atoms with Gasteiger partial charge >= 0.3 is 0 Å². The van der Waals surface area contributed by atoms with Crippen molar-refractivity contribution in [2.75, 3.05) is 24.3 Å². The zero-order chi connectivity index (χ0) is 24.2. The zero-order valence-electron chi connectivity index (χ0n) is 19.7. The first-order valence-corrected chi connectivity index (χ1v) is 11.6. The molecule has 1 aliphatic carbocycles. The highest BCUT2D eigenvalue weighted by Crippen LogP contribution is 2.29. The molecule has 178 valence electrons. The number of fused-ring (bicyclic) bond motifs is 1. The van der Waals surface area contributed by atoms with Gasteiger partial charge in [0.05, 0.1) is 16.5 Å². The Morgan fingerprint density at radius 1 is 1.06 bits per heavy atom. The molecule has 9 nitrogen and oxygen atoms in total. The number of hydrogen-bond acceptors (Lipinski definition) is 7. The van der Waals surface area contributed by atoms with E-state index in [4.69, 9.17) is 4.98 Å². The molecule has 1 aromatic heterocycles. The number of anilines is 2. The van der Waals surface area contributed by atoms with E-state index in [0.29, 0.717) is 5.95 Å². The van der Waals surface area contributed by atoms with E-state index in [-0.39, 0.29) is 29.6 Å². The Hall–Kier alpha value is -3.75.